The molecule has 7 heteroatoms. The van der Waals surface area contributed by atoms with Crippen molar-refractivity contribution >= 4 is 24.2 Å². The number of ether oxygens (including phenoxy) is 1. The number of carbonyl (C=O) groups excluding carboxylic acids is 4. The minimum Gasteiger partial charge on any atom is -0.445 e. The number of fused-ring (bicyclic) bond motifs is 1. The van der Waals surface area contributed by atoms with Crippen molar-refractivity contribution in [2.75, 3.05) is 6.54 Å². The summed E-state index contributed by atoms with van der Waals surface area (Å²) in [7, 11) is 0. The van der Waals surface area contributed by atoms with E-state index in [4.69, 9.17) is 4.74 Å². The van der Waals surface area contributed by atoms with Gasteiger partial charge in [-0.1, -0.05) is 42.5 Å². The molecular formula is C22H22N2O5. The highest BCUT2D eigenvalue weighted by molar-refractivity contribution is 6.21. The molecular weight excluding hydrogens is 372 g/mol. The number of nitrogens with one attached hydrogen (secondary N) is 1. The predicted molar refractivity (Wildman–Crippen MR) is 105 cm³/mol. The van der Waals surface area contributed by atoms with Gasteiger partial charge in [0.2, 0.25) is 0 Å². The molecule has 7 nitrogen and oxygen atoms in total. The van der Waals surface area contributed by atoms with Crippen molar-refractivity contribution in [1.82, 2.24) is 10.2 Å². The van der Waals surface area contributed by atoms with Gasteiger partial charge in [0.1, 0.15) is 12.9 Å². The summed E-state index contributed by atoms with van der Waals surface area (Å²) in [6.45, 7) is 0.397. The van der Waals surface area contributed by atoms with Crippen molar-refractivity contribution in [3.05, 3.63) is 71.3 Å². The summed E-state index contributed by atoms with van der Waals surface area (Å²) in [5, 5.41) is 2.52. The zero-order valence-corrected chi connectivity index (χ0v) is 15.9. The molecule has 0 saturated heterocycles. The highest BCUT2D eigenvalue weighted by Crippen LogP contribution is 2.22. The number of aldehydes is 1. The van der Waals surface area contributed by atoms with E-state index in [2.05, 4.69) is 5.32 Å². The number of nitrogens with zero attached hydrogens (tertiary/aromatic N) is 1. The highest BCUT2D eigenvalue weighted by Gasteiger charge is 2.34. The zero-order valence-electron chi connectivity index (χ0n) is 15.9. The molecule has 1 aliphatic heterocycles. The molecule has 2 aromatic rings. The summed E-state index contributed by atoms with van der Waals surface area (Å²) in [5.41, 5.74) is 1.70. The van der Waals surface area contributed by atoms with Crippen LogP contribution in [0.1, 0.15) is 45.5 Å². The standard InChI is InChI=1S/C22H22N2O5/c25-14-17(23-22(28)29-15-16-8-2-1-3-9-16)10-6-7-13-24-20(26)18-11-4-5-12-19(18)21(24)27/h1-5,8-9,11-12,14,17H,6-7,10,13,15H2,(H,23,28). The van der Waals surface area contributed by atoms with Crippen molar-refractivity contribution in [1.29, 1.82) is 0 Å². The number of unbranched alkanes of at least 4 members (excludes halogenated alkanes) is 1. The van der Waals surface area contributed by atoms with Gasteiger partial charge in [-0.15, -0.1) is 0 Å². The monoisotopic (exact) mass is 394 g/mol. The van der Waals surface area contributed by atoms with Gasteiger partial charge in [0.05, 0.1) is 17.2 Å². The molecule has 0 radical (unpaired) electrons. The molecule has 1 N–H and O–H groups in total. The fourth-order valence-electron chi connectivity index (χ4n) is 3.17. The molecule has 0 aliphatic carbocycles. The number of carbonyl (C=O) groups is 4. The summed E-state index contributed by atoms with van der Waals surface area (Å²) in [6, 6.07) is 15.3. The van der Waals surface area contributed by atoms with Gasteiger partial charge in [-0.3, -0.25) is 14.5 Å². The van der Waals surface area contributed by atoms with E-state index in [1.165, 1.54) is 4.90 Å². The van der Waals surface area contributed by atoms with Gasteiger partial charge in [-0.2, -0.15) is 0 Å². The summed E-state index contributed by atoms with van der Waals surface area (Å²) in [4.78, 5) is 48.9. The third-order valence-corrected chi connectivity index (χ3v) is 4.71. The molecule has 3 amide bonds. The van der Waals surface area contributed by atoms with Gasteiger partial charge in [-0.05, 0) is 37.0 Å². The fraction of sp³-hybridized carbons (Fsp3) is 0.273. The lowest BCUT2D eigenvalue weighted by molar-refractivity contribution is -0.109. The first-order valence-electron chi connectivity index (χ1n) is 9.48. The minimum atomic E-state index is -0.680. The minimum absolute atomic E-state index is 0.123. The Balaban J connectivity index is 1.39. The Labute approximate surface area is 168 Å². The Hall–Kier alpha value is -3.48. The largest absolute Gasteiger partial charge is 0.445 e. The van der Waals surface area contributed by atoms with Crippen LogP contribution in [0.25, 0.3) is 0 Å². The SMILES string of the molecule is O=CC(CCCCN1C(=O)c2ccccc2C1=O)NC(=O)OCc1ccccc1. The molecule has 0 spiro atoms. The topological polar surface area (TPSA) is 92.8 Å². The van der Waals surface area contributed by atoms with Crippen molar-refractivity contribution < 1.29 is 23.9 Å². The van der Waals surface area contributed by atoms with Gasteiger partial charge in [0.25, 0.3) is 11.8 Å². The predicted octanol–water partition coefficient (Wildman–Crippen LogP) is 2.95. The molecule has 150 valence electrons. The highest BCUT2D eigenvalue weighted by atomic mass is 16.5. The second kappa shape index (κ2) is 9.64. The third kappa shape index (κ3) is 5.07. The van der Waals surface area contributed by atoms with E-state index in [0.29, 0.717) is 36.7 Å². The van der Waals surface area contributed by atoms with E-state index < -0.39 is 12.1 Å². The Morgan fingerprint density at radius 3 is 2.21 bits per heavy atom. The first kappa shape index (κ1) is 20.3. The lowest BCUT2D eigenvalue weighted by atomic mass is 10.1. The van der Waals surface area contributed by atoms with Crippen LogP contribution < -0.4 is 5.32 Å². The molecule has 1 atom stereocenters. The number of amides is 3. The average Bonchev–Trinajstić information content (AvgIpc) is 3.00. The van der Waals surface area contributed by atoms with Crippen LogP contribution in [-0.2, 0) is 16.1 Å². The molecule has 1 aliphatic rings. The number of imide groups is 1. The molecule has 0 fully saturated rings. The fourth-order valence-corrected chi connectivity index (χ4v) is 3.17. The first-order chi connectivity index (χ1) is 14.1. The Morgan fingerprint density at radius 2 is 1.59 bits per heavy atom. The zero-order chi connectivity index (χ0) is 20.6. The molecule has 0 saturated carbocycles. The third-order valence-electron chi connectivity index (χ3n) is 4.71. The van der Waals surface area contributed by atoms with E-state index in [9.17, 15) is 19.2 Å². The second-order valence-electron chi connectivity index (χ2n) is 6.75. The van der Waals surface area contributed by atoms with Crippen molar-refractivity contribution in [3.8, 4) is 0 Å². The summed E-state index contributed by atoms with van der Waals surface area (Å²) in [6.07, 6.45) is 1.50. The van der Waals surface area contributed by atoms with Gasteiger partial charge in [-0.25, -0.2) is 4.79 Å². The molecule has 1 heterocycles. The second-order valence-corrected chi connectivity index (χ2v) is 6.75. The van der Waals surface area contributed by atoms with Crippen molar-refractivity contribution in [3.63, 3.8) is 0 Å². The summed E-state index contributed by atoms with van der Waals surface area (Å²) < 4.78 is 5.11. The molecule has 29 heavy (non-hydrogen) atoms. The van der Waals surface area contributed by atoms with E-state index in [1.54, 1.807) is 24.3 Å². The molecule has 3 rings (SSSR count). The quantitative estimate of drug-likeness (QED) is 0.401. The van der Waals surface area contributed by atoms with Crippen molar-refractivity contribution in [2.24, 2.45) is 0 Å². The van der Waals surface area contributed by atoms with E-state index in [1.807, 2.05) is 30.3 Å². The molecule has 0 bridgehead atoms. The van der Waals surface area contributed by atoms with Crippen LogP contribution in [0.15, 0.2) is 54.6 Å². The van der Waals surface area contributed by atoms with Gasteiger partial charge in [0, 0.05) is 6.54 Å². The van der Waals surface area contributed by atoms with E-state index in [-0.39, 0.29) is 25.0 Å². The van der Waals surface area contributed by atoms with E-state index >= 15 is 0 Å². The van der Waals surface area contributed by atoms with Crippen LogP contribution in [0.4, 0.5) is 4.79 Å². The Morgan fingerprint density at radius 1 is 0.966 bits per heavy atom. The van der Waals surface area contributed by atoms with Crippen molar-refractivity contribution in [2.45, 2.75) is 31.9 Å². The van der Waals surface area contributed by atoms with E-state index in [0.717, 1.165) is 5.56 Å². The van der Waals surface area contributed by atoms with Crippen LogP contribution >= 0.6 is 0 Å². The number of hydrogen-bond acceptors (Lipinski definition) is 5. The maximum atomic E-state index is 12.3. The lowest BCUT2D eigenvalue weighted by Crippen LogP contribution is -2.36. The summed E-state index contributed by atoms with van der Waals surface area (Å²) >= 11 is 0. The number of benzene rings is 2. The number of hydrogen-bond donors (Lipinski definition) is 1. The Kier molecular flexibility index (Phi) is 6.73. The van der Waals surface area contributed by atoms with Gasteiger partial charge < -0.3 is 14.8 Å². The van der Waals surface area contributed by atoms with Gasteiger partial charge in [0.15, 0.2) is 0 Å². The lowest BCUT2D eigenvalue weighted by Gasteiger charge is -2.15. The maximum Gasteiger partial charge on any atom is 0.408 e. The van der Waals surface area contributed by atoms with Gasteiger partial charge >= 0.3 is 6.09 Å². The number of rotatable bonds is 9. The molecule has 1 unspecified atom stereocenters. The summed E-state index contributed by atoms with van der Waals surface area (Å²) in [5.74, 6) is -0.583. The first-order valence-corrected chi connectivity index (χ1v) is 9.48. The smallest absolute Gasteiger partial charge is 0.408 e. The van der Waals surface area contributed by atoms with Crippen LogP contribution in [0.3, 0.4) is 0 Å². The Bertz CT molecular complexity index is 862. The van der Waals surface area contributed by atoms with Crippen LogP contribution in [0.2, 0.25) is 0 Å². The van der Waals surface area contributed by atoms with Crippen LogP contribution in [0.5, 0.6) is 0 Å². The normalized spacial score (nSPS) is 13.7. The maximum absolute atomic E-state index is 12.3. The molecule has 2 aromatic carbocycles. The average molecular weight is 394 g/mol. The number of alkyl carbamates (subject to hydrolysis) is 1. The molecule has 0 aromatic heterocycles. The van der Waals surface area contributed by atoms with Crippen LogP contribution in [-0.4, -0.2) is 41.7 Å². The van der Waals surface area contributed by atoms with Crippen LogP contribution in [0, 0.1) is 0 Å².